The van der Waals surface area contributed by atoms with Crippen molar-refractivity contribution in [3.05, 3.63) is 82.4 Å². The summed E-state index contributed by atoms with van der Waals surface area (Å²) in [6.07, 6.45) is 3.56. The van der Waals surface area contributed by atoms with Gasteiger partial charge in [0.2, 0.25) is 0 Å². The zero-order valence-electron chi connectivity index (χ0n) is 19.2. The fourth-order valence-electron chi connectivity index (χ4n) is 3.93. The predicted octanol–water partition coefficient (Wildman–Crippen LogP) is 4.83. The third kappa shape index (κ3) is 3.94. The maximum Gasteiger partial charge on any atom is 0.259 e. The van der Waals surface area contributed by atoms with Crippen LogP contribution in [0.4, 0.5) is 0 Å². The van der Waals surface area contributed by atoms with Crippen LogP contribution in [0.2, 0.25) is 0 Å². The molecule has 1 amide bonds. The van der Waals surface area contributed by atoms with Gasteiger partial charge in [0, 0.05) is 24.3 Å². The van der Waals surface area contributed by atoms with Crippen molar-refractivity contribution in [2.24, 2.45) is 7.05 Å². The average Bonchev–Trinajstić information content (AvgIpc) is 3.57. The van der Waals surface area contributed by atoms with E-state index in [1.54, 1.807) is 37.6 Å². The molecule has 0 aliphatic heterocycles. The molecule has 172 valence electrons. The van der Waals surface area contributed by atoms with Crippen LogP contribution in [0.15, 0.2) is 59.4 Å². The number of fused-ring (bicyclic) bond motifs is 1. The normalized spacial score (nSPS) is 12.1. The molecule has 8 nitrogen and oxygen atoms in total. The number of rotatable bonds is 6. The van der Waals surface area contributed by atoms with Gasteiger partial charge in [-0.05, 0) is 49.7 Å². The molecule has 4 aromatic heterocycles. The molecule has 1 unspecified atom stereocenters. The first-order valence-electron chi connectivity index (χ1n) is 10.7. The summed E-state index contributed by atoms with van der Waals surface area (Å²) in [5.74, 6) is 1.18. The second-order valence-electron chi connectivity index (χ2n) is 7.99. The van der Waals surface area contributed by atoms with Gasteiger partial charge in [-0.25, -0.2) is 9.97 Å². The number of amides is 1. The molecule has 4 heterocycles. The zero-order chi connectivity index (χ0) is 23.8. The summed E-state index contributed by atoms with van der Waals surface area (Å²) < 4.78 is 12.6. The average molecular weight is 474 g/mol. The summed E-state index contributed by atoms with van der Waals surface area (Å²) in [5.41, 5.74) is 2.95. The van der Waals surface area contributed by atoms with Crippen molar-refractivity contribution in [3.8, 4) is 16.3 Å². The van der Waals surface area contributed by atoms with Crippen molar-refractivity contribution in [1.29, 1.82) is 0 Å². The summed E-state index contributed by atoms with van der Waals surface area (Å²) in [6, 6.07) is 12.9. The van der Waals surface area contributed by atoms with E-state index in [4.69, 9.17) is 9.26 Å². The molecular formula is C25H23N5O3S. The number of nitrogens with one attached hydrogen (secondary N) is 1. The maximum atomic E-state index is 13.7. The van der Waals surface area contributed by atoms with E-state index < -0.39 is 6.04 Å². The fourth-order valence-corrected chi connectivity index (χ4v) is 4.76. The smallest absolute Gasteiger partial charge is 0.259 e. The number of carbonyl (C=O) groups is 1. The molecule has 0 spiro atoms. The van der Waals surface area contributed by atoms with E-state index in [0.717, 1.165) is 21.1 Å². The molecule has 1 aromatic carbocycles. The van der Waals surface area contributed by atoms with Gasteiger partial charge in [0.25, 0.3) is 11.6 Å². The van der Waals surface area contributed by atoms with Crippen LogP contribution in [-0.2, 0) is 7.05 Å². The van der Waals surface area contributed by atoms with Crippen molar-refractivity contribution in [2.45, 2.75) is 19.9 Å². The number of pyridine rings is 1. The molecule has 0 radical (unpaired) electrons. The Labute approximate surface area is 200 Å². The number of carbonyl (C=O) groups excluding carboxylic acids is 1. The van der Waals surface area contributed by atoms with E-state index in [0.29, 0.717) is 33.9 Å². The number of methoxy groups -OCH3 is 1. The summed E-state index contributed by atoms with van der Waals surface area (Å²) in [5, 5.41) is 7.82. The van der Waals surface area contributed by atoms with Crippen LogP contribution < -0.4 is 10.1 Å². The minimum absolute atomic E-state index is 0.267. The first-order chi connectivity index (χ1) is 16.4. The number of ether oxygens (including phenoxy) is 1. The Bertz CT molecular complexity index is 1480. The SMILES string of the molecule is COc1ccc(C(NC(=O)c2cc(-c3ccc(C)s3)nc3onc(C)c23)c2nccn2C)cc1. The minimum Gasteiger partial charge on any atom is -0.497 e. The molecular weight excluding hydrogens is 450 g/mol. The monoisotopic (exact) mass is 473 g/mol. The Morgan fingerprint density at radius 3 is 2.62 bits per heavy atom. The highest BCUT2D eigenvalue weighted by Crippen LogP contribution is 2.32. The lowest BCUT2D eigenvalue weighted by Crippen LogP contribution is -2.31. The van der Waals surface area contributed by atoms with Crippen LogP contribution in [0.3, 0.4) is 0 Å². The standard InChI is InChI=1S/C25H23N5O3S/c1-14-5-10-20(34-14)19-13-18(21-15(2)29-33-25(21)27-19)24(31)28-22(23-26-11-12-30(23)3)16-6-8-17(32-4)9-7-16/h5-13,22H,1-4H3,(H,28,31). The molecule has 9 heteroatoms. The summed E-state index contributed by atoms with van der Waals surface area (Å²) in [4.78, 5) is 25.0. The molecule has 1 atom stereocenters. The number of benzene rings is 1. The quantitative estimate of drug-likeness (QED) is 0.380. The van der Waals surface area contributed by atoms with Crippen LogP contribution in [0, 0.1) is 13.8 Å². The highest BCUT2D eigenvalue weighted by atomic mass is 32.1. The van der Waals surface area contributed by atoms with Gasteiger partial charge < -0.3 is 19.1 Å². The van der Waals surface area contributed by atoms with E-state index in [9.17, 15) is 4.79 Å². The lowest BCUT2D eigenvalue weighted by Gasteiger charge is -2.20. The van der Waals surface area contributed by atoms with Crippen molar-refractivity contribution in [3.63, 3.8) is 0 Å². The number of imidazole rings is 1. The number of aryl methyl sites for hydroxylation is 3. The molecule has 0 saturated carbocycles. The molecule has 0 fully saturated rings. The number of thiophene rings is 1. The minimum atomic E-state index is -0.478. The summed E-state index contributed by atoms with van der Waals surface area (Å²) >= 11 is 1.61. The van der Waals surface area contributed by atoms with Gasteiger partial charge in [0.05, 0.1) is 34.3 Å². The number of aromatic nitrogens is 4. The number of nitrogens with zero attached hydrogens (tertiary/aromatic N) is 4. The van der Waals surface area contributed by atoms with Gasteiger partial charge in [-0.3, -0.25) is 4.79 Å². The zero-order valence-corrected chi connectivity index (χ0v) is 20.0. The summed E-state index contributed by atoms with van der Waals surface area (Å²) in [6.45, 7) is 3.84. The van der Waals surface area contributed by atoms with Crippen molar-refractivity contribution in [2.75, 3.05) is 7.11 Å². The Balaban J connectivity index is 1.59. The van der Waals surface area contributed by atoms with E-state index >= 15 is 0 Å². The lowest BCUT2D eigenvalue weighted by molar-refractivity contribution is 0.0942. The molecule has 34 heavy (non-hydrogen) atoms. The number of hydrogen-bond donors (Lipinski definition) is 1. The first kappa shape index (κ1) is 21.8. The van der Waals surface area contributed by atoms with Crippen molar-refractivity contribution in [1.82, 2.24) is 25.0 Å². The van der Waals surface area contributed by atoms with Gasteiger partial charge in [-0.1, -0.05) is 17.3 Å². The number of hydrogen-bond acceptors (Lipinski definition) is 7. The Hall–Kier alpha value is -3.98. The van der Waals surface area contributed by atoms with E-state index in [1.807, 2.05) is 61.1 Å². The Kier molecular flexibility index (Phi) is 5.62. The van der Waals surface area contributed by atoms with Crippen LogP contribution in [0.5, 0.6) is 5.75 Å². The Morgan fingerprint density at radius 2 is 1.97 bits per heavy atom. The van der Waals surface area contributed by atoms with Crippen molar-refractivity contribution >= 4 is 28.3 Å². The predicted molar refractivity (Wildman–Crippen MR) is 130 cm³/mol. The van der Waals surface area contributed by atoms with Crippen LogP contribution in [0.25, 0.3) is 21.7 Å². The van der Waals surface area contributed by atoms with Gasteiger partial charge in [-0.2, -0.15) is 0 Å². The van der Waals surface area contributed by atoms with Gasteiger partial charge in [0.1, 0.15) is 17.6 Å². The third-order valence-corrected chi connectivity index (χ3v) is 6.72. The van der Waals surface area contributed by atoms with Crippen LogP contribution in [-0.4, -0.2) is 32.7 Å². The van der Waals surface area contributed by atoms with Crippen molar-refractivity contribution < 1.29 is 14.1 Å². The molecule has 0 aliphatic rings. The van der Waals surface area contributed by atoms with Gasteiger partial charge in [0.15, 0.2) is 0 Å². The van der Waals surface area contributed by atoms with Gasteiger partial charge in [-0.15, -0.1) is 11.3 Å². The molecule has 0 saturated heterocycles. The topological polar surface area (TPSA) is 95.1 Å². The van der Waals surface area contributed by atoms with Crippen LogP contribution in [0.1, 0.15) is 38.4 Å². The second-order valence-corrected chi connectivity index (χ2v) is 9.28. The van der Waals surface area contributed by atoms with E-state index in [1.165, 1.54) is 0 Å². The first-order valence-corrected chi connectivity index (χ1v) is 11.5. The molecule has 5 aromatic rings. The molecule has 1 N–H and O–H groups in total. The van der Waals surface area contributed by atoms with Gasteiger partial charge >= 0.3 is 0 Å². The molecule has 0 aliphatic carbocycles. The largest absolute Gasteiger partial charge is 0.497 e. The highest BCUT2D eigenvalue weighted by Gasteiger charge is 2.25. The third-order valence-electron chi connectivity index (χ3n) is 5.70. The lowest BCUT2D eigenvalue weighted by atomic mass is 10.0. The van der Waals surface area contributed by atoms with E-state index in [-0.39, 0.29) is 5.91 Å². The fraction of sp³-hybridized carbons (Fsp3) is 0.200. The summed E-state index contributed by atoms with van der Waals surface area (Å²) in [7, 11) is 3.52. The Morgan fingerprint density at radius 1 is 1.18 bits per heavy atom. The second kappa shape index (κ2) is 8.75. The maximum absolute atomic E-state index is 13.7. The van der Waals surface area contributed by atoms with Crippen LogP contribution >= 0.6 is 11.3 Å². The van der Waals surface area contributed by atoms with E-state index in [2.05, 4.69) is 20.4 Å². The molecule has 5 rings (SSSR count). The highest BCUT2D eigenvalue weighted by molar-refractivity contribution is 7.15. The molecule has 0 bridgehead atoms.